The summed E-state index contributed by atoms with van der Waals surface area (Å²) in [6.45, 7) is 0.150. The Bertz CT molecular complexity index is 533. The molecule has 0 radical (unpaired) electrons. The van der Waals surface area contributed by atoms with Crippen LogP contribution in [-0.2, 0) is 21.8 Å². The lowest BCUT2D eigenvalue weighted by atomic mass is 10.4. The molecule has 0 unspecified atom stereocenters. The summed E-state index contributed by atoms with van der Waals surface area (Å²) in [6, 6.07) is 0.463. The molecule has 1 aromatic rings. The summed E-state index contributed by atoms with van der Waals surface area (Å²) >= 11 is 0. The zero-order valence-electron chi connectivity index (χ0n) is 8.41. The van der Waals surface area contributed by atoms with E-state index in [1.807, 2.05) is 0 Å². The fourth-order valence-electron chi connectivity index (χ4n) is 1.41. The van der Waals surface area contributed by atoms with Crippen LogP contribution in [0.25, 0.3) is 0 Å². The highest BCUT2D eigenvalue weighted by molar-refractivity contribution is 8.13. The Morgan fingerprint density at radius 2 is 2.06 bits per heavy atom. The molecule has 1 aliphatic carbocycles. The lowest BCUT2D eigenvalue weighted by Crippen LogP contribution is -2.10. The van der Waals surface area contributed by atoms with Crippen molar-refractivity contribution < 1.29 is 21.6 Å². The van der Waals surface area contributed by atoms with E-state index in [-0.39, 0.29) is 12.5 Å². The molecule has 0 spiro atoms. The third-order valence-corrected chi connectivity index (χ3v) is 3.71. The molecule has 9 heteroatoms. The molecule has 0 bridgehead atoms. The van der Waals surface area contributed by atoms with Crippen molar-refractivity contribution in [2.75, 3.05) is 0 Å². The van der Waals surface area contributed by atoms with E-state index in [2.05, 4.69) is 5.10 Å². The Kier molecular flexibility index (Phi) is 2.89. The van der Waals surface area contributed by atoms with Gasteiger partial charge in [0, 0.05) is 23.3 Å². The SMILES string of the molecule is O=S(=O)(Cl)c1cc(C(F)(F)F)nn1CC1CC1. The molecule has 1 saturated carbocycles. The smallest absolute Gasteiger partial charge is 0.252 e. The molecule has 0 atom stereocenters. The standard InChI is InChI=1S/C8H8ClF3N2O2S/c9-17(15,16)7-3-6(8(10,11)12)13-14(7)4-5-1-2-5/h3,5H,1-2,4H2. The number of hydrogen-bond donors (Lipinski definition) is 0. The van der Waals surface area contributed by atoms with Gasteiger partial charge in [-0.2, -0.15) is 18.3 Å². The molecule has 0 aromatic carbocycles. The van der Waals surface area contributed by atoms with Gasteiger partial charge in [-0.05, 0) is 18.8 Å². The molecule has 2 rings (SSSR count). The highest BCUT2D eigenvalue weighted by Crippen LogP contribution is 2.34. The Labute approximate surface area is 99.8 Å². The maximum Gasteiger partial charge on any atom is 0.435 e. The van der Waals surface area contributed by atoms with Crippen molar-refractivity contribution in [1.29, 1.82) is 0 Å². The van der Waals surface area contributed by atoms with Crippen LogP contribution in [0.15, 0.2) is 11.1 Å². The zero-order chi connectivity index (χ0) is 12.8. The second kappa shape index (κ2) is 3.88. The number of aromatic nitrogens is 2. The maximum atomic E-state index is 12.4. The lowest BCUT2D eigenvalue weighted by molar-refractivity contribution is -0.141. The molecule has 0 saturated heterocycles. The van der Waals surface area contributed by atoms with E-state index < -0.39 is 25.9 Å². The molecule has 0 amide bonds. The van der Waals surface area contributed by atoms with Gasteiger partial charge in [-0.1, -0.05) is 0 Å². The minimum atomic E-state index is -4.68. The van der Waals surface area contributed by atoms with E-state index >= 15 is 0 Å². The van der Waals surface area contributed by atoms with Crippen molar-refractivity contribution in [3.05, 3.63) is 11.8 Å². The van der Waals surface area contributed by atoms with Gasteiger partial charge in [0.2, 0.25) is 0 Å². The van der Waals surface area contributed by atoms with Gasteiger partial charge in [0.15, 0.2) is 10.7 Å². The van der Waals surface area contributed by atoms with Gasteiger partial charge < -0.3 is 0 Å². The van der Waals surface area contributed by atoms with Gasteiger partial charge in [-0.3, -0.25) is 4.68 Å². The number of hydrogen-bond acceptors (Lipinski definition) is 3. The van der Waals surface area contributed by atoms with Gasteiger partial charge in [-0.25, -0.2) is 8.42 Å². The van der Waals surface area contributed by atoms with Crippen LogP contribution in [0.5, 0.6) is 0 Å². The molecule has 96 valence electrons. The summed E-state index contributed by atoms with van der Waals surface area (Å²) in [6.07, 6.45) is -2.95. The molecular formula is C8H8ClF3N2O2S. The van der Waals surface area contributed by atoms with E-state index in [9.17, 15) is 21.6 Å². The normalized spacial score (nSPS) is 17.4. The molecule has 17 heavy (non-hydrogen) atoms. The van der Waals surface area contributed by atoms with E-state index in [0.717, 1.165) is 17.5 Å². The van der Waals surface area contributed by atoms with Crippen LogP contribution in [0.2, 0.25) is 0 Å². The highest BCUT2D eigenvalue weighted by atomic mass is 35.7. The first-order valence-corrected chi connectivity index (χ1v) is 7.08. The average Bonchev–Trinajstić information content (AvgIpc) is 2.77. The quantitative estimate of drug-likeness (QED) is 0.802. The summed E-state index contributed by atoms with van der Waals surface area (Å²) in [7, 11) is 0.857. The van der Waals surface area contributed by atoms with E-state index in [4.69, 9.17) is 10.7 Å². The molecule has 1 heterocycles. The summed E-state index contributed by atoms with van der Waals surface area (Å²) in [5, 5.41) is 2.66. The Morgan fingerprint density at radius 1 is 1.47 bits per heavy atom. The second-order valence-electron chi connectivity index (χ2n) is 3.93. The van der Waals surface area contributed by atoms with Crippen molar-refractivity contribution >= 4 is 19.7 Å². The molecule has 0 aliphatic heterocycles. The predicted molar refractivity (Wildman–Crippen MR) is 53.0 cm³/mol. The third-order valence-electron chi connectivity index (χ3n) is 2.41. The second-order valence-corrected chi connectivity index (χ2v) is 6.44. The highest BCUT2D eigenvalue weighted by Gasteiger charge is 2.37. The van der Waals surface area contributed by atoms with Crippen molar-refractivity contribution in [1.82, 2.24) is 9.78 Å². The average molecular weight is 289 g/mol. The number of nitrogens with zero attached hydrogens (tertiary/aromatic N) is 2. The Morgan fingerprint density at radius 3 is 2.47 bits per heavy atom. The van der Waals surface area contributed by atoms with Crippen molar-refractivity contribution in [3.8, 4) is 0 Å². The predicted octanol–water partition coefficient (Wildman–Crippen LogP) is 2.24. The van der Waals surface area contributed by atoms with Crippen LogP contribution in [0.4, 0.5) is 13.2 Å². The molecular weight excluding hydrogens is 281 g/mol. The van der Waals surface area contributed by atoms with Gasteiger partial charge in [0.25, 0.3) is 9.05 Å². The molecule has 1 aromatic heterocycles. The third kappa shape index (κ3) is 2.92. The molecule has 0 N–H and O–H groups in total. The summed E-state index contributed by atoms with van der Waals surface area (Å²) in [4.78, 5) is 0. The summed E-state index contributed by atoms with van der Waals surface area (Å²) in [5.74, 6) is 0.188. The Balaban J connectivity index is 2.43. The van der Waals surface area contributed by atoms with Gasteiger partial charge in [-0.15, -0.1) is 0 Å². The molecule has 1 fully saturated rings. The zero-order valence-corrected chi connectivity index (χ0v) is 9.98. The fourth-order valence-corrected chi connectivity index (χ4v) is 2.40. The first-order valence-electron chi connectivity index (χ1n) is 4.77. The van der Waals surface area contributed by atoms with E-state index in [1.165, 1.54) is 0 Å². The largest absolute Gasteiger partial charge is 0.435 e. The topological polar surface area (TPSA) is 52.0 Å². The van der Waals surface area contributed by atoms with Crippen LogP contribution in [-0.4, -0.2) is 18.2 Å². The summed E-state index contributed by atoms with van der Waals surface area (Å²) in [5.41, 5.74) is -1.24. The molecule has 4 nitrogen and oxygen atoms in total. The first-order chi connectivity index (χ1) is 7.68. The fraction of sp³-hybridized carbons (Fsp3) is 0.625. The van der Waals surface area contributed by atoms with E-state index in [1.54, 1.807) is 0 Å². The van der Waals surface area contributed by atoms with Crippen molar-refractivity contribution in [3.63, 3.8) is 0 Å². The monoisotopic (exact) mass is 288 g/mol. The number of alkyl halides is 3. The maximum absolute atomic E-state index is 12.4. The van der Waals surface area contributed by atoms with Crippen molar-refractivity contribution in [2.24, 2.45) is 5.92 Å². The Hall–Kier alpha value is -0.760. The van der Waals surface area contributed by atoms with Gasteiger partial charge in [0.1, 0.15) is 0 Å². The van der Waals surface area contributed by atoms with E-state index in [0.29, 0.717) is 6.07 Å². The number of halogens is 4. The van der Waals surface area contributed by atoms with Crippen LogP contribution < -0.4 is 0 Å². The van der Waals surface area contributed by atoms with Crippen LogP contribution in [0.3, 0.4) is 0 Å². The van der Waals surface area contributed by atoms with Gasteiger partial charge in [0.05, 0.1) is 0 Å². The lowest BCUT2D eigenvalue weighted by Gasteiger charge is -2.03. The minimum Gasteiger partial charge on any atom is -0.252 e. The van der Waals surface area contributed by atoms with Crippen molar-refractivity contribution in [2.45, 2.75) is 30.6 Å². The molecule has 1 aliphatic rings. The summed E-state index contributed by atoms with van der Waals surface area (Å²) < 4.78 is 60.3. The van der Waals surface area contributed by atoms with Crippen LogP contribution in [0.1, 0.15) is 18.5 Å². The minimum absolute atomic E-state index is 0.150. The van der Waals surface area contributed by atoms with Gasteiger partial charge >= 0.3 is 6.18 Å². The first kappa shape index (κ1) is 12.7. The van der Waals surface area contributed by atoms with Crippen LogP contribution in [0, 0.1) is 5.92 Å². The number of rotatable bonds is 3. The van der Waals surface area contributed by atoms with Crippen LogP contribution >= 0.6 is 10.7 Å².